The topological polar surface area (TPSA) is 81.4 Å². The molecule has 1 aromatic carbocycles. The maximum absolute atomic E-state index is 13.0. The highest BCUT2D eigenvalue weighted by Crippen LogP contribution is 2.32. The molecule has 1 atom stereocenters. The van der Waals surface area contributed by atoms with Crippen LogP contribution in [0.15, 0.2) is 53.2 Å². The maximum atomic E-state index is 13.0. The van der Waals surface area contributed by atoms with Gasteiger partial charge in [-0.1, -0.05) is 11.2 Å². The Kier molecular flexibility index (Phi) is 4.92. The van der Waals surface area contributed by atoms with Crippen LogP contribution in [0.2, 0.25) is 0 Å². The van der Waals surface area contributed by atoms with Gasteiger partial charge < -0.3 is 14.2 Å². The van der Waals surface area contributed by atoms with Crippen molar-refractivity contribution in [2.75, 3.05) is 6.54 Å². The minimum absolute atomic E-state index is 0.0246. The minimum atomic E-state index is -0.141. The summed E-state index contributed by atoms with van der Waals surface area (Å²) in [5, 5.41) is 5.00. The third-order valence-corrected chi connectivity index (χ3v) is 6.12. The lowest BCUT2D eigenvalue weighted by atomic mass is 10.1. The van der Waals surface area contributed by atoms with E-state index in [1.54, 1.807) is 23.6 Å². The lowest BCUT2D eigenvalue weighted by molar-refractivity contribution is 0.0722. The van der Waals surface area contributed by atoms with Gasteiger partial charge in [-0.05, 0) is 44.0 Å². The van der Waals surface area contributed by atoms with Crippen molar-refractivity contribution in [2.45, 2.75) is 32.4 Å². The minimum Gasteiger partial charge on any atom is -0.485 e. The summed E-state index contributed by atoms with van der Waals surface area (Å²) in [4.78, 5) is 23.7. The molecule has 0 radical (unpaired) electrons. The second kappa shape index (κ2) is 7.87. The molecule has 1 aliphatic heterocycles. The number of carbonyl (C=O) groups excluding carboxylic acids is 1. The van der Waals surface area contributed by atoms with Crippen LogP contribution >= 0.6 is 11.3 Å². The quantitative estimate of drug-likeness (QED) is 0.471. The summed E-state index contributed by atoms with van der Waals surface area (Å²) in [7, 11) is 0. The summed E-state index contributed by atoms with van der Waals surface area (Å²) in [6.45, 7) is 2.86. The van der Waals surface area contributed by atoms with Gasteiger partial charge in [0, 0.05) is 24.9 Å². The molecule has 30 heavy (non-hydrogen) atoms. The molecule has 1 saturated heterocycles. The van der Waals surface area contributed by atoms with Gasteiger partial charge in [-0.3, -0.25) is 9.78 Å². The number of carbonyl (C=O) groups is 1. The van der Waals surface area contributed by atoms with Gasteiger partial charge in [0.15, 0.2) is 11.5 Å². The van der Waals surface area contributed by atoms with Crippen LogP contribution in [0.25, 0.3) is 10.2 Å². The fourth-order valence-corrected chi connectivity index (χ4v) is 4.59. The smallest absolute Gasteiger partial charge is 0.276 e. The van der Waals surface area contributed by atoms with E-state index in [1.165, 1.54) is 0 Å². The summed E-state index contributed by atoms with van der Waals surface area (Å²) in [6, 6.07) is 13.2. The third-order valence-electron chi connectivity index (χ3n) is 5.17. The van der Waals surface area contributed by atoms with Gasteiger partial charge in [-0.15, -0.1) is 11.3 Å². The van der Waals surface area contributed by atoms with E-state index in [2.05, 4.69) is 15.1 Å². The van der Waals surface area contributed by atoms with Crippen LogP contribution in [0, 0.1) is 6.92 Å². The molecule has 0 N–H and O–H groups in total. The van der Waals surface area contributed by atoms with Crippen molar-refractivity contribution in [3.05, 3.63) is 70.8 Å². The molecule has 1 amide bonds. The molecule has 4 heterocycles. The number of rotatable bonds is 5. The number of amides is 1. The third kappa shape index (κ3) is 3.66. The Morgan fingerprint density at radius 1 is 1.30 bits per heavy atom. The van der Waals surface area contributed by atoms with Crippen LogP contribution < -0.4 is 4.74 Å². The fraction of sp³-hybridized carbons (Fsp3) is 0.273. The Morgan fingerprint density at radius 3 is 3.10 bits per heavy atom. The van der Waals surface area contributed by atoms with Gasteiger partial charge in [-0.25, -0.2) is 4.98 Å². The highest BCUT2D eigenvalue weighted by Gasteiger charge is 2.32. The monoisotopic (exact) mass is 420 g/mol. The zero-order valence-corrected chi connectivity index (χ0v) is 17.3. The summed E-state index contributed by atoms with van der Waals surface area (Å²) in [5.74, 6) is 1.06. The van der Waals surface area contributed by atoms with E-state index in [0.29, 0.717) is 23.7 Å². The largest absolute Gasteiger partial charge is 0.485 e. The number of ether oxygens (including phenoxy) is 1. The summed E-state index contributed by atoms with van der Waals surface area (Å²) in [5.41, 5.74) is 2.11. The summed E-state index contributed by atoms with van der Waals surface area (Å²) < 4.78 is 12.3. The van der Waals surface area contributed by atoms with Crippen molar-refractivity contribution < 1.29 is 14.1 Å². The average Bonchev–Trinajstić information content (AvgIpc) is 3.50. The van der Waals surface area contributed by atoms with Gasteiger partial charge in [0.05, 0.1) is 27.0 Å². The van der Waals surface area contributed by atoms with E-state index in [-0.39, 0.29) is 18.6 Å². The number of benzene rings is 1. The number of hydrogen-bond acceptors (Lipinski definition) is 7. The Bertz CT molecular complexity index is 1190. The second-order valence-corrected chi connectivity index (χ2v) is 8.48. The molecular weight excluding hydrogens is 400 g/mol. The predicted octanol–water partition coefficient (Wildman–Crippen LogP) is 4.54. The standard InChI is InChI=1S/C22H20N4O3S/c1-14-24-18-11-15(7-8-21(18)30-14)28-13-16-12-19(25-29-16)22(27)26-10-4-6-20(26)17-5-2-3-9-23-17/h2-3,5,7-9,11-12,20H,4,6,10,13H2,1H3. The Morgan fingerprint density at radius 2 is 2.23 bits per heavy atom. The van der Waals surface area contributed by atoms with Crippen molar-refractivity contribution in [3.8, 4) is 5.75 Å². The molecule has 1 unspecified atom stereocenters. The van der Waals surface area contributed by atoms with Crippen LogP contribution in [0.3, 0.4) is 0 Å². The van der Waals surface area contributed by atoms with Crippen molar-refractivity contribution in [2.24, 2.45) is 0 Å². The fourth-order valence-electron chi connectivity index (χ4n) is 3.79. The van der Waals surface area contributed by atoms with E-state index < -0.39 is 0 Å². The summed E-state index contributed by atoms with van der Waals surface area (Å²) >= 11 is 1.65. The van der Waals surface area contributed by atoms with Gasteiger partial charge >= 0.3 is 0 Å². The molecule has 1 fully saturated rings. The normalized spacial score (nSPS) is 16.3. The molecule has 7 nitrogen and oxygen atoms in total. The zero-order valence-electron chi connectivity index (χ0n) is 16.4. The van der Waals surface area contributed by atoms with E-state index >= 15 is 0 Å². The number of pyridine rings is 1. The molecule has 0 bridgehead atoms. The van der Waals surface area contributed by atoms with Gasteiger partial charge in [0.2, 0.25) is 0 Å². The van der Waals surface area contributed by atoms with Gasteiger partial charge in [0.25, 0.3) is 5.91 Å². The van der Waals surface area contributed by atoms with Gasteiger partial charge in [0.1, 0.15) is 12.4 Å². The maximum Gasteiger partial charge on any atom is 0.276 e. The first-order chi connectivity index (χ1) is 14.7. The zero-order chi connectivity index (χ0) is 20.5. The van der Waals surface area contributed by atoms with Gasteiger partial charge in [-0.2, -0.15) is 0 Å². The van der Waals surface area contributed by atoms with Crippen molar-refractivity contribution in [1.29, 1.82) is 0 Å². The summed E-state index contributed by atoms with van der Waals surface area (Å²) in [6.07, 6.45) is 3.60. The van der Waals surface area contributed by atoms with Crippen LogP contribution in [0.1, 0.15) is 45.8 Å². The Balaban J connectivity index is 1.27. The van der Waals surface area contributed by atoms with Crippen LogP contribution in [0.5, 0.6) is 5.75 Å². The molecular formula is C22H20N4O3S. The van der Waals surface area contributed by atoms with Crippen LogP contribution in [-0.4, -0.2) is 32.5 Å². The number of likely N-dealkylation sites (tertiary alicyclic amines) is 1. The van der Waals surface area contributed by atoms with Crippen molar-refractivity contribution >= 4 is 27.5 Å². The van der Waals surface area contributed by atoms with E-state index in [4.69, 9.17) is 9.26 Å². The number of thiazole rings is 1. The number of nitrogens with zero attached hydrogens (tertiary/aromatic N) is 4. The molecule has 0 spiro atoms. The SMILES string of the molecule is Cc1nc2cc(OCc3cc(C(=O)N4CCCC4c4ccccn4)no3)ccc2s1. The molecule has 152 valence electrons. The highest BCUT2D eigenvalue weighted by molar-refractivity contribution is 7.18. The van der Waals surface area contributed by atoms with E-state index in [0.717, 1.165) is 33.8 Å². The molecule has 5 rings (SSSR count). The number of aromatic nitrogens is 3. The first-order valence-corrected chi connectivity index (χ1v) is 10.7. The Hall–Kier alpha value is -3.26. The molecule has 3 aromatic heterocycles. The second-order valence-electron chi connectivity index (χ2n) is 7.24. The van der Waals surface area contributed by atoms with Crippen molar-refractivity contribution in [3.63, 3.8) is 0 Å². The lowest BCUT2D eigenvalue weighted by Gasteiger charge is -2.23. The first-order valence-electron chi connectivity index (χ1n) is 9.85. The van der Waals surface area contributed by atoms with E-state index in [1.807, 2.05) is 48.2 Å². The predicted molar refractivity (Wildman–Crippen MR) is 112 cm³/mol. The molecule has 0 saturated carbocycles. The number of fused-ring (bicyclic) bond motifs is 1. The van der Waals surface area contributed by atoms with Crippen LogP contribution in [0.4, 0.5) is 0 Å². The lowest BCUT2D eigenvalue weighted by Crippen LogP contribution is -2.31. The number of hydrogen-bond donors (Lipinski definition) is 0. The first kappa shape index (κ1) is 18.7. The molecule has 4 aromatic rings. The number of aryl methyl sites for hydroxylation is 1. The highest BCUT2D eigenvalue weighted by atomic mass is 32.1. The van der Waals surface area contributed by atoms with Crippen molar-refractivity contribution in [1.82, 2.24) is 20.0 Å². The molecule has 0 aliphatic carbocycles. The molecule has 8 heteroatoms. The van der Waals surface area contributed by atoms with E-state index in [9.17, 15) is 4.79 Å². The van der Waals surface area contributed by atoms with Crippen LogP contribution in [-0.2, 0) is 6.61 Å². The molecule has 1 aliphatic rings. The average molecular weight is 420 g/mol. The Labute approximate surface area is 177 Å².